The number of rotatable bonds is 5. The van der Waals surface area contributed by atoms with Crippen molar-refractivity contribution in [3.8, 4) is 5.69 Å². The molecule has 1 aromatic heterocycles. The van der Waals surface area contributed by atoms with E-state index in [0.717, 1.165) is 12.2 Å². The SMILES string of the molecule is CCCNC1CC(c2cccc(-n3cnnn3)c2)C1(C)C. The topological polar surface area (TPSA) is 55.6 Å². The molecule has 1 aliphatic rings. The maximum Gasteiger partial charge on any atom is 0.143 e. The van der Waals surface area contributed by atoms with Gasteiger partial charge in [-0.15, -0.1) is 5.10 Å². The summed E-state index contributed by atoms with van der Waals surface area (Å²) < 4.78 is 1.71. The van der Waals surface area contributed by atoms with Gasteiger partial charge in [0.15, 0.2) is 0 Å². The first-order valence-corrected chi connectivity index (χ1v) is 7.69. The minimum Gasteiger partial charge on any atom is -0.313 e. The Bertz CT molecular complexity index is 590. The summed E-state index contributed by atoms with van der Waals surface area (Å²) in [6.45, 7) is 8.04. The van der Waals surface area contributed by atoms with Crippen LogP contribution >= 0.6 is 0 Å². The van der Waals surface area contributed by atoms with Crippen LogP contribution in [0.4, 0.5) is 0 Å². The second kappa shape index (κ2) is 5.56. The number of hydrogen-bond donors (Lipinski definition) is 1. The Labute approximate surface area is 125 Å². The van der Waals surface area contributed by atoms with Crippen molar-refractivity contribution in [2.24, 2.45) is 5.41 Å². The first-order valence-electron chi connectivity index (χ1n) is 7.69. The fourth-order valence-electron chi connectivity index (χ4n) is 3.32. The van der Waals surface area contributed by atoms with Crippen LogP contribution in [0.5, 0.6) is 0 Å². The number of nitrogens with zero attached hydrogens (tertiary/aromatic N) is 4. The highest BCUT2D eigenvalue weighted by Gasteiger charge is 2.48. The summed E-state index contributed by atoms with van der Waals surface area (Å²) >= 11 is 0. The lowest BCUT2D eigenvalue weighted by Crippen LogP contribution is -2.55. The lowest BCUT2D eigenvalue weighted by atomic mass is 9.56. The second-order valence-corrected chi connectivity index (χ2v) is 6.47. The number of tetrazole rings is 1. The molecule has 1 fully saturated rings. The Kier molecular flexibility index (Phi) is 3.76. The van der Waals surface area contributed by atoms with Crippen LogP contribution in [0.1, 0.15) is 45.1 Å². The van der Waals surface area contributed by atoms with Gasteiger partial charge >= 0.3 is 0 Å². The van der Waals surface area contributed by atoms with Gasteiger partial charge in [0.1, 0.15) is 6.33 Å². The molecule has 2 unspecified atom stereocenters. The molecule has 0 saturated heterocycles. The Morgan fingerprint density at radius 3 is 2.90 bits per heavy atom. The molecule has 1 aliphatic carbocycles. The van der Waals surface area contributed by atoms with E-state index in [2.05, 4.69) is 59.8 Å². The van der Waals surface area contributed by atoms with E-state index in [9.17, 15) is 0 Å². The average molecular weight is 285 g/mol. The fourth-order valence-corrected chi connectivity index (χ4v) is 3.32. The van der Waals surface area contributed by atoms with E-state index >= 15 is 0 Å². The fraction of sp³-hybridized carbons (Fsp3) is 0.562. The standard InChI is InChI=1S/C16H23N5/c1-4-8-17-15-10-14(16(15,2)3)12-6-5-7-13(9-12)21-11-18-19-20-21/h5-7,9,11,14-15,17H,4,8,10H2,1-3H3. The lowest BCUT2D eigenvalue weighted by molar-refractivity contribution is 0.0695. The number of nitrogens with one attached hydrogen (secondary N) is 1. The minimum atomic E-state index is 0.286. The number of benzene rings is 1. The van der Waals surface area contributed by atoms with Crippen molar-refractivity contribution in [1.29, 1.82) is 0 Å². The van der Waals surface area contributed by atoms with Crippen molar-refractivity contribution < 1.29 is 0 Å². The molecule has 1 saturated carbocycles. The van der Waals surface area contributed by atoms with Crippen LogP contribution in [0.3, 0.4) is 0 Å². The van der Waals surface area contributed by atoms with Crippen molar-refractivity contribution in [3.05, 3.63) is 36.2 Å². The minimum absolute atomic E-state index is 0.286. The van der Waals surface area contributed by atoms with Crippen molar-refractivity contribution in [3.63, 3.8) is 0 Å². The highest BCUT2D eigenvalue weighted by atomic mass is 15.5. The van der Waals surface area contributed by atoms with Gasteiger partial charge in [0, 0.05) is 6.04 Å². The van der Waals surface area contributed by atoms with Crippen molar-refractivity contribution in [2.75, 3.05) is 6.54 Å². The van der Waals surface area contributed by atoms with Gasteiger partial charge in [-0.1, -0.05) is 32.9 Å². The summed E-state index contributed by atoms with van der Waals surface area (Å²) in [5.41, 5.74) is 2.69. The highest BCUT2D eigenvalue weighted by Crippen LogP contribution is 2.52. The van der Waals surface area contributed by atoms with Gasteiger partial charge in [-0.05, 0) is 58.8 Å². The van der Waals surface area contributed by atoms with Crippen LogP contribution in [0, 0.1) is 5.41 Å². The predicted octanol–water partition coefficient (Wildman–Crippen LogP) is 2.54. The van der Waals surface area contributed by atoms with E-state index in [-0.39, 0.29) is 5.41 Å². The van der Waals surface area contributed by atoms with Gasteiger partial charge in [-0.25, -0.2) is 4.68 Å². The van der Waals surface area contributed by atoms with Crippen molar-refractivity contribution in [1.82, 2.24) is 25.5 Å². The third-order valence-electron chi connectivity index (χ3n) is 4.79. The monoisotopic (exact) mass is 285 g/mol. The summed E-state index contributed by atoms with van der Waals surface area (Å²) in [5.74, 6) is 0.586. The zero-order valence-corrected chi connectivity index (χ0v) is 13.0. The zero-order valence-electron chi connectivity index (χ0n) is 13.0. The van der Waals surface area contributed by atoms with Crippen molar-refractivity contribution in [2.45, 2.75) is 45.6 Å². The summed E-state index contributed by atoms with van der Waals surface area (Å²) in [5, 5.41) is 15.0. The van der Waals surface area contributed by atoms with E-state index in [1.165, 1.54) is 18.4 Å². The van der Waals surface area contributed by atoms with Crippen LogP contribution < -0.4 is 5.32 Å². The van der Waals surface area contributed by atoms with E-state index < -0.39 is 0 Å². The van der Waals surface area contributed by atoms with Crippen LogP contribution in [0.15, 0.2) is 30.6 Å². The molecule has 3 rings (SSSR count). The molecule has 0 aliphatic heterocycles. The normalized spacial score (nSPS) is 23.8. The second-order valence-electron chi connectivity index (χ2n) is 6.47. The Morgan fingerprint density at radius 1 is 1.38 bits per heavy atom. The third-order valence-corrected chi connectivity index (χ3v) is 4.79. The number of aromatic nitrogens is 4. The van der Waals surface area contributed by atoms with Gasteiger partial charge in [0.2, 0.25) is 0 Å². The molecule has 0 radical (unpaired) electrons. The molecule has 0 spiro atoms. The van der Waals surface area contributed by atoms with E-state index in [1.807, 2.05) is 6.07 Å². The third kappa shape index (κ3) is 2.58. The van der Waals surface area contributed by atoms with E-state index in [1.54, 1.807) is 11.0 Å². The van der Waals surface area contributed by atoms with E-state index in [0.29, 0.717) is 12.0 Å². The Morgan fingerprint density at radius 2 is 2.24 bits per heavy atom. The number of hydrogen-bond acceptors (Lipinski definition) is 4. The van der Waals surface area contributed by atoms with Gasteiger partial charge < -0.3 is 5.32 Å². The van der Waals surface area contributed by atoms with E-state index in [4.69, 9.17) is 0 Å². The van der Waals surface area contributed by atoms with Crippen LogP contribution in [0.25, 0.3) is 5.69 Å². The van der Waals surface area contributed by atoms with Crippen molar-refractivity contribution >= 4 is 0 Å². The molecule has 112 valence electrons. The van der Waals surface area contributed by atoms with Crippen LogP contribution in [0.2, 0.25) is 0 Å². The Hall–Kier alpha value is -1.75. The molecule has 5 nitrogen and oxygen atoms in total. The molecule has 1 heterocycles. The summed E-state index contributed by atoms with van der Waals surface area (Å²) in [4.78, 5) is 0. The molecule has 1 aromatic carbocycles. The maximum absolute atomic E-state index is 3.97. The van der Waals surface area contributed by atoms with Gasteiger partial charge in [0.25, 0.3) is 0 Å². The first-order chi connectivity index (χ1) is 10.1. The maximum atomic E-state index is 3.97. The molecule has 2 aromatic rings. The van der Waals surface area contributed by atoms with Crippen LogP contribution in [-0.2, 0) is 0 Å². The van der Waals surface area contributed by atoms with Gasteiger partial charge in [0.05, 0.1) is 5.69 Å². The molecule has 0 bridgehead atoms. The Balaban J connectivity index is 1.78. The molecule has 5 heteroatoms. The van der Waals surface area contributed by atoms with Gasteiger partial charge in [-0.2, -0.15) is 0 Å². The highest BCUT2D eigenvalue weighted by molar-refractivity contribution is 5.38. The molecule has 21 heavy (non-hydrogen) atoms. The van der Waals surface area contributed by atoms with Gasteiger partial charge in [-0.3, -0.25) is 0 Å². The quantitative estimate of drug-likeness (QED) is 0.917. The largest absolute Gasteiger partial charge is 0.313 e. The molecular formula is C16H23N5. The first kappa shape index (κ1) is 14.2. The average Bonchev–Trinajstić information content (AvgIpc) is 3.01. The zero-order chi connectivity index (χ0) is 14.9. The molecular weight excluding hydrogens is 262 g/mol. The summed E-state index contributed by atoms with van der Waals surface area (Å²) in [7, 11) is 0. The lowest BCUT2D eigenvalue weighted by Gasteiger charge is -2.53. The summed E-state index contributed by atoms with van der Waals surface area (Å²) in [6.07, 6.45) is 4.02. The molecule has 1 N–H and O–H groups in total. The molecule has 2 atom stereocenters. The molecule has 0 amide bonds. The smallest absolute Gasteiger partial charge is 0.143 e. The summed E-state index contributed by atoms with van der Waals surface area (Å²) in [6, 6.07) is 9.17. The van der Waals surface area contributed by atoms with Crippen LogP contribution in [-0.4, -0.2) is 32.8 Å². The predicted molar refractivity (Wildman–Crippen MR) is 82.4 cm³/mol.